The van der Waals surface area contributed by atoms with Crippen LogP contribution in [0.3, 0.4) is 0 Å². The van der Waals surface area contributed by atoms with Crippen LogP contribution in [0.2, 0.25) is 0 Å². The van der Waals surface area contributed by atoms with Gasteiger partial charge in [0.25, 0.3) is 0 Å². The summed E-state index contributed by atoms with van der Waals surface area (Å²) in [4.78, 5) is 34.3. The quantitative estimate of drug-likeness (QED) is 0.287. The number of hydrogen-bond acceptors (Lipinski definition) is 9. The third-order valence-electron chi connectivity index (χ3n) is 4.70. The van der Waals surface area contributed by atoms with E-state index in [1.165, 1.54) is 13.2 Å². The van der Waals surface area contributed by atoms with E-state index in [0.717, 1.165) is 0 Å². The molecule has 0 heterocycles. The van der Waals surface area contributed by atoms with Gasteiger partial charge in [-0.2, -0.15) is 4.39 Å². The van der Waals surface area contributed by atoms with E-state index in [4.69, 9.17) is 4.74 Å². The summed E-state index contributed by atoms with van der Waals surface area (Å²) < 4.78 is 19.5. The van der Waals surface area contributed by atoms with E-state index in [1.807, 2.05) is 18.7 Å². The van der Waals surface area contributed by atoms with Crippen molar-refractivity contribution in [1.82, 2.24) is 0 Å². The molecule has 13 heteroatoms. The Morgan fingerprint density at radius 3 is 2.15 bits per heavy atom. The average Bonchev–Trinajstić information content (AvgIpc) is 2.78. The monoisotopic (exact) mass is 462 g/mol. The Morgan fingerprint density at radius 2 is 1.64 bits per heavy atom. The molecule has 0 saturated carbocycles. The van der Waals surface area contributed by atoms with Gasteiger partial charge in [-0.05, 0) is 19.9 Å². The molecule has 0 radical (unpaired) electrons. The zero-order chi connectivity index (χ0) is 24.7. The van der Waals surface area contributed by atoms with Gasteiger partial charge in [0.2, 0.25) is 11.7 Å². The van der Waals surface area contributed by atoms with Gasteiger partial charge in [-0.3, -0.25) is 25.0 Å². The molecule has 1 N–H and O–H groups in total. The lowest BCUT2D eigenvalue weighted by molar-refractivity contribution is -0.395. The molecule has 176 valence electrons. The van der Waals surface area contributed by atoms with E-state index < -0.39 is 32.7 Å². The number of nitrogens with zero attached hydrogens (tertiary/aromatic N) is 5. The predicted molar refractivity (Wildman–Crippen MR) is 119 cm³/mol. The van der Waals surface area contributed by atoms with Crippen LogP contribution in [0, 0.1) is 26.0 Å². The fourth-order valence-electron chi connectivity index (χ4n) is 2.97. The Balaban J connectivity index is 2.66. The third kappa shape index (κ3) is 5.75. The Kier molecular flexibility index (Phi) is 8.31. The van der Waals surface area contributed by atoms with Gasteiger partial charge in [-0.25, -0.2) is 0 Å². The maximum Gasteiger partial charge on any atom is 0.311 e. The lowest BCUT2D eigenvalue weighted by Crippen LogP contribution is -2.22. The molecule has 0 aliphatic heterocycles. The maximum atomic E-state index is 14.1. The van der Waals surface area contributed by atoms with Gasteiger partial charge < -0.3 is 15.0 Å². The predicted octanol–water partition coefficient (Wildman–Crippen LogP) is 5.26. The number of hydrogen-bond donors (Lipinski definition) is 1. The summed E-state index contributed by atoms with van der Waals surface area (Å²) in [5, 5.41) is 32.6. The van der Waals surface area contributed by atoms with Crippen molar-refractivity contribution in [3.8, 4) is 5.75 Å². The minimum Gasteiger partial charge on any atom is -0.494 e. The second kappa shape index (κ2) is 10.9. The summed E-state index contributed by atoms with van der Waals surface area (Å²) >= 11 is 0. The highest BCUT2D eigenvalue weighted by Crippen LogP contribution is 2.41. The number of rotatable bonds is 10. The van der Waals surface area contributed by atoms with Crippen molar-refractivity contribution in [2.75, 3.05) is 30.4 Å². The minimum absolute atomic E-state index is 0.0950. The zero-order valence-corrected chi connectivity index (χ0v) is 18.5. The van der Waals surface area contributed by atoms with E-state index in [0.29, 0.717) is 36.7 Å². The van der Waals surface area contributed by atoms with E-state index in [9.17, 15) is 29.4 Å². The second-order valence-electron chi connectivity index (χ2n) is 6.62. The molecular formula is C20H23FN6O6. The Bertz CT molecular complexity index is 1100. The lowest BCUT2D eigenvalue weighted by Gasteiger charge is -2.24. The largest absolute Gasteiger partial charge is 0.494 e. The molecule has 0 unspecified atom stereocenters. The van der Waals surface area contributed by atoms with E-state index in [-0.39, 0.29) is 23.7 Å². The molecule has 0 spiro atoms. The average molecular weight is 462 g/mol. The van der Waals surface area contributed by atoms with Crippen LogP contribution in [0.25, 0.3) is 0 Å². The first-order valence-corrected chi connectivity index (χ1v) is 9.97. The van der Waals surface area contributed by atoms with Crippen LogP contribution in [0.15, 0.2) is 34.5 Å². The number of carbonyl (C=O) groups excluding carboxylic acids is 1. The van der Waals surface area contributed by atoms with Crippen molar-refractivity contribution < 1.29 is 23.8 Å². The van der Waals surface area contributed by atoms with Gasteiger partial charge >= 0.3 is 11.4 Å². The van der Waals surface area contributed by atoms with E-state index in [1.54, 1.807) is 13.0 Å². The van der Waals surface area contributed by atoms with Crippen LogP contribution in [0.4, 0.5) is 38.5 Å². The third-order valence-corrected chi connectivity index (χ3v) is 4.70. The first-order valence-electron chi connectivity index (χ1n) is 9.97. The molecule has 0 fully saturated rings. The van der Waals surface area contributed by atoms with Gasteiger partial charge in [0, 0.05) is 31.6 Å². The molecule has 0 atom stereocenters. The van der Waals surface area contributed by atoms with Crippen LogP contribution in [0.5, 0.6) is 5.75 Å². The number of azo groups is 1. The molecule has 0 aliphatic carbocycles. The number of halogens is 1. The smallest absolute Gasteiger partial charge is 0.311 e. The summed E-state index contributed by atoms with van der Waals surface area (Å²) in [5.74, 6) is -1.20. The molecule has 0 bridgehead atoms. The molecule has 12 nitrogen and oxygen atoms in total. The Labute approximate surface area is 188 Å². The van der Waals surface area contributed by atoms with Gasteiger partial charge in [-0.1, -0.05) is 6.92 Å². The van der Waals surface area contributed by atoms with E-state index in [2.05, 4.69) is 15.5 Å². The molecule has 0 aliphatic rings. The van der Waals surface area contributed by atoms with Gasteiger partial charge in [0.15, 0.2) is 5.69 Å². The van der Waals surface area contributed by atoms with Crippen LogP contribution < -0.4 is 15.0 Å². The van der Waals surface area contributed by atoms with Crippen molar-refractivity contribution in [1.29, 1.82) is 0 Å². The molecule has 0 saturated heterocycles. The van der Waals surface area contributed by atoms with Crippen LogP contribution in [0.1, 0.15) is 27.2 Å². The highest BCUT2D eigenvalue weighted by molar-refractivity contribution is 5.95. The number of nitro benzene ring substituents is 2. The van der Waals surface area contributed by atoms with E-state index >= 15 is 0 Å². The van der Waals surface area contributed by atoms with Crippen molar-refractivity contribution in [2.24, 2.45) is 10.2 Å². The van der Waals surface area contributed by atoms with Crippen molar-refractivity contribution in [3.63, 3.8) is 0 Å². The molecular weight excluding hydrogens is 439 g/mol. The normalized spacial score (nSPS) is 10.8. The second-order valence-corrected chi connectivity index (χ2v) is 6.62. The number of carbonyl (C=O) groups is 1. The highest BCUT2D eigenvalue weighted by atomic mass is 19.1. The summed E-state index contributed by atoms with van der Waals surface area (Å²) in [6.45, 7) is 6.87. The summed E-state index contributed by atoms with van der Waals surface area (Å²) in [7, 11) is 1.45. The molecule has 0 aromatic heterocycles. The number of benzene rings is 2. The van der Waals surface area contributed by atoms with Gasteiger partial charge in [0.05, 0.1) is 34.4 Å². The summed E-state index contributed by atoms with van der Waals surface area (Å²) in [6.07, 6.45) is 0.183. The maximum absolute atomic E-state index is 14.1. The number of amides is 1. The lowest BCUT2D eigenvalue weighted by atomic mass is 10.2. The van der Waals surface area contributed by atoms with Crippen LogP contribution >= 0.6 is 0 Å². The standard InChI is InChI=1S/C20H23FN6O6/c1-5-20(28)22-13-9-18(25(6-2)7-3)19(33-4)10-14(13)23-24-15-8-12(21)16(26(29)30)11-17(15)27(31)32/h8-11H,5-7H2,1-4H3,(H,22,28)/b24-23+. The van der Waals surface area contributed by atoms with Crippen molar-refractivity contribution in [3.05, 3.63) is 50.3 Å². The fraction of sp³-hybridized carbons (Fsp3) is 0.350. The molecule has 2 aromatic rings. The summed E-state index contributed by atoms with van der Waals surface area (Å²) in [6, 6.07) is 4.16. The molecule has 33 heavy (non-hydrogen) atoms. The van der Waals surface area contributed by atoms with Crippen LogP contribution in [-0.4, -0.2) is 36.0 Å². The van der Waals surface area contributed by atoms with Gasteiger partial charge in [-0.15, -0.1) is 10.2 Å². The fourth-order valence-corrected chi connectivity index (χ4v) is 2.97. The first-order chi connectivity index (χ1) is 15.7. The van der Waals surface area contributed by atoms with Crippen molar-refractivity contribution in [2.45, 2.75) is 27.2 Å². The highest BCUT2D eigenvalue weighted by Gasteiger charge is 2.25. The SMILES string of the molecule is CCC(=O)Nc1cc(N(CC)CC)c(OC)cc1/N=N/c1cc(F)c([N+](=O)[O-])cc1[N+](=O)[O-]. The van der Waals surface area contributed by atoms with Crippen LogP contribution in [-0.2, 0) is 4.79 Å². The first kappa shape index (κ1) is 25.1. The zero-order valence-electron chi connectivity index (χ0n) is 18.5. The number of anilines is 2. The van der Waals surface area contributed by atoms with Crippen molar-refractivity contribution >= 4 is 40.0 Å². The molecule has 2 aromatic carbocycles. The summed E-state index contributed by atoms with van der Waals surface area (Å²) in [5.41, 5.74) is -1.33. The number of nitrogens with one attached hydrogen (secondary N) is 1. The Morgan fingerprint density at radius 1 is 1.03 bits per heavy atom. The Hall–Kier alpha value is -4.16. The minimum atomic E-state index is -1.30. The number of nitro groups is 2. The molecule has 2 rings (SSSR count). The molecule has 1 amide bonds. The topological polar surface area (TPSA) is 153 Å². The number of ether oxygens (including phenoxy) is 1. The number of methoxy groups -OCH3 is 1. The van der Waals surface area contributed by atoms with Gasteiger partial charge in [0.1, 0.15) is 11.4 Å².